The zero-order valence-corrected chi connectivity index (χ0v) is 13.6. The van der Waals surface area contributed by atoms with Crippen molar-refractivity contribution in [3.63, 3.8) is 0 Å². The average Bonchev–Trinajstić information content (AvgIpc) is 2.48. The van der Waals surface area contributed by atoms with Crippen LogP contribution in [0.25, 0.3) is 0 Å². The minimum Gasteiger partial charge on any atom is -0.373 e. The number of benzene rings is 1. The topological polar surface area (TPSA) is 41.1 Å². The molecule has 1 N–H and O–H groups in total. The Morgan fingerprint density at radius 2 is 2.00 bits per heavy atom. The van der Waals surface area contributed by atoms with Crippen LogP contribution in [0.5, 0.6) is 0 Å². The molecule has 4 nitrogen and oxygen atoms in total. The van der Waals surface area contributed by atoms with Gasteiger partial charge >= 0.3 is 0 Å². The second-order valence-electron chi connectivity index (χ2n) is 4.58. The molecule has 5 heteroatoms. The van der Waals surface area contributed by atoms with Gasteiger partial charge in [-0.1, -0.05) is 41.1 Å². The van der Waals surface area contributed by atoms with Crippen LogP contribution >= 0.6 is 15.9 Å². The van der Waals surface area contributed by atoms with Crippen LogP contribution < -0.4 is 10.2 Å². The zero-order valence-electron chi connectivity index (χ0n) is 12.0. The summed E-state index contributed by atoms with van der Waals surface area (Å²) in [5.74, 6) is 1.87. The molecule has 0 atom stereocenters. The quantitative estimate of drug-likeness (QED) is 0.908. The second kappa shape index (κ2) is 6.70. The Balaban J connectivity index is 2.30. The Kier molecular flexibility index (Phi) is 4.95. The van der Waals surface area contributed by atoms with E-state index >= 15 is 0 Å². The first-order valence-electron chi connectivity index (χ1n) is 6.63. The average molecular weight is 335 g/mol. The summed E-state index contributed by atoms with van der Waals surface area (Å²) >= 11 is 3.59. The Morgan fingerprint density at radius 1 is 1.25 bits per heavy atom. The third-order valence-corrected chi connectivity index (χ3v) is 4.01. The van der Waals surface area contributed by atoms with Gasteiger partial charge in [-0.2, -0.15) is 0 Å². The molecule has 0 amide bonds. The minimum absolute atomic E-state index is 0.800. The van der Waals surface area contributed by atoms with Gasteiger partial charge < -0.3 is 10.2 Å². The maximum absolute atomic E-state index is 4.44. The molecule has 0 radical (unpaired) electrons. The second-order valence-corrected chi connectivity index (χ2v) is 5.43. The first-order chi connectivity index (χ1) is 9.67. The monoisotopic (exact) mass is 334 g/mol. The molecular formula is C15H19BrN4. The van der Waals surface area contributed by atoms with Crippen LogP contribution in [-0.2, 0) is 13.0 Å². The van der Waals surface area contributed by atoms with Crippen molar-refractivity contribution in [3.05, 3.63) is 46.2 Å². The van der Waals surface area contributed by atoms with Crippen molar-refractivity contribution in [2.24, 2.45) is 0 Å². The fourth-order valence-corrected chi connectivity index (χ4v) is 2.64. The lowest BCUT2D eigenvalue weighted by Crippen LogP contribution is -2.20. The van der Waals surface area contributed by atoms with Gasteiger partial charge in [-0.05, 0) is 18.1 Å². The van der Waals surface area contributed by atoms with E-state index in [1.165, 1.54) is 5.56 Å². The van der Waals surface area contributed by atoms with Crippen LogP contribution in [0.3, 0.4) is 0 Å². The highest BCUT2D eigenvalue weighted by molar-refractivity contribution is 9.10. The number of nitrogens with zero attached hydrogens (tertiary/aromatic N) is 3. The molecule has 0 fully saturated rings. The fourth-order valence-electron chi connectivity index (χ4n) is 2.23. The molecule has 0 aliphatic heterocycles. The molecule has 106 valence electrons. The molecule has 0 saturated heterocycles. The van der Waals surface area contributed by atoms with Gasteiger partial charge in [-0.25, -0.2) is 9.97 Å². The van der Waals surface area contributed by atoms with Crippen LogP contribution in [0, 0.1) is 0 Å². The molecule has 0 saturated carbocycles. The molecule has 0 unspecified atom stereocenters. The van der Waals surface area contributed by atoms with E-state index in [2.05, 4.69) is 62.2 Å². The first-order valence-corrected chi connectivity index (χ1v) is 7.42. The molecule has 2 rings (SSSR count). The van der Waals surface area contributed by atoms with Crippen molar-refractivity contribution < 1.29 is 0 Å². The van der Waals surface area contributed by atoms with Crippen LogP contribution in [0.1, 0.15) is 18.1 Å². The Bertz CT molecular complexity index is 586. The molecule has 1 aromatic heterocycles. The van der Waals surface area contributed by atoms with E-state index in [9.17, 15) is 0 Å². The van der Waals surface area contributed by atoms with Gasteiger partial charge in [0.1, 0.15) is 18.0 Å². The van der Waals surface area contributed by atoms with Gasteiger partial charge in [0.2, 0.25) is 0 Å². The van der Waals surface area contributed by atoms with Gasteiger partial charge in [0, 0.05) is 30.7 Å². The number of rotatable bonds is 5. The number of aromatic nitrogens is 2. The molecule has 0 bridgehead atoms. The lowest BCUT2D eigenvalue weighted by atomic mass is 10.1. The van der Waals surface area contributed by atoms with Gasteiger partial charge in [0.05, 0.1) is 0 Å². The predicted molar refractivity (Wildman–Crippen MR) is 87.2 cm³/mol. The van der Waals surface area contributed by atoms with Crippen molar-refractivity contribution in [2.75, 3.05) is 24.3 Å². The summed E-state index contributed by atoms with van der Waals surface area (Å²) in [4.78, 5) is 10.9. The maximum atomic E-state index is 4.44. The largest absolute Gasteiger partial charge is 0.373 e. The normalized spacial score (nSPS) is 10.4. The molecule has 2 aromatic rings. The summed E-state index contributed by atoms with van der Waals surface area (Å²) in [5, 5.41) is 3.13. The first kappa shape index (κ1) is 14.8. The third-order valence-electron chi connectivity index (χ3n) is 3.24. The SMILES string of the molecule is CCc1c(NC)ncnc1N(C)Cc1ccccc1Br. The van der Waals surface area contributed by atoms with Gasteiger partial charge in [-0.15, -0.1) is 0 Å². The molecule has 1 heterocycles. The van der Waals surface area contributed by atoms with Gasteiger partial charge in [0.25, 0.3) is 0 Å². The summed E-state index contributed by atoms with van der Waals surface area (Å²) in [6, 6.07) is 8.25. The Morgan fingerprint density at radius 3 is 2.65 bits per heavy atom. The van der Waals surface area contributed by atoms with E-state index in [-0.39, 0.29) is 0 Å². The molecule has 0 aliphatic carbocycles. The van der Waals surface area contributed by atoms with E-state index in [0.717, 1.165) is 34.6 Å². The lowest BCUT2D eigenvalue weighted by Gasteiger charge is -2.22. The van der Waals surface area contributed by atoms with Crippen molar-refractivity contribution in [1.82, 2.24) is 9.97 Å². The smallest absolute Gasteiger partial charge is 0.137 e. The lowest BCUT2D eigenvalue weighted by molar-refractivity contribution is 0.868. The number of hydrogen-bond donors (Lipinski definition) is 1. The van der Waals surface area contributed by atoms with Gasteiger partial charge in [0.15, 0.2) is 0 Å². The third kappa shape index (κ3) is 3.10. The fraction of sp³-hybridized carbons (Fsp3) is 0.333. The van der Waals surface area contributed by atoms with Gasteiger partial charge in [-0.3, -0.25) is 0 Å². The minimum atomic E-state index is 0.800. The number of hydrogen-bond acceptors (Lipinski definition) is 4. The zero-order chi connectivity index (χ0) is 14.5. The van der Waals surface area contributed by atoms with Crippen LogP contribution in [-0.4, -0.2) is 24.1 Å². The highest BCUT2D eigenvalue weighted by Crippen LogP contribution is 2.25. The maximum Gasteiger partial charge on any atom is 0.137 e. The molecule has 20 heavy (non-hydrogen) atoms. The van der Waals surface area contributed by atoms with Crippen LogP contribution in [0.2, 0.25) is 0 Å². The van der Waals surface area contributed by atoms with Crippen molar-refractivity contribution in [3.8, 4) is 0 Å². The van der Waals surface area contributed by atoms with E-state index in [0.29, 0.717) is 0 Å². The highest BCUT2D eigenvalue weighted by atomic mass is 79.9. The number of anilines is 2. The van der Waals surface area contributed by atoms with Crippen LogP contribution in [0.15, 0.2) is 35.1 Å². The van der Waals surface area contributed by atoms with Crippen molar-refractivity contribution >= 4 is 27.6 Å². The van der Waals surface area contributed by atoms with E-state index < -0.39 is 0 Å². The summed E-state index contributed by atoms with van der Waals surface area (Å²) in [6.45, 7) is 2.92. The Labute approximate surface area is 128 Å². The molecule has 1 aromatic carbocycles. The standard InChI is InChI=1S/C15H19BrN4/c1-4-12-14(17-2)18-10-19-15(12)20(3)9-11-7-5-6-8-13(11)16/h5-8,10H,4,9H2,1-3H3,(H,17,18,19). The summed E-state index contributed by atoms with van der Waals surface area (Å²) in [7, 11) is 3.94. The van der Waals surface area contributed by atoms with E-state index in [1.54, 1.807) is 6.33 Å². The molecule has 0 aliphatic rings. The van der Waals surface area contributed by atoms with E-state index in [1.807, 2.05) is 19.2 Å². The molecule has 0 spiro atoms. The van der Waals surface area contributed by atoms with Crippen molar-refractivity contribution in [2.45, 2.75) is 19.9 Å². The summed E-state index contributed by atoms with van der Waals surface area (Å²) in [6.07, 6.45) is 2.50. The molecular weight excluding hydrogens is 316 g/mol. The summed E-state index contributed by atoms with van der Waals surface area (Å²) in [5.41, 5.74) is 2.38. The summed E-state index contributed by atoms with van der Waals surface area (Å²) < 4.78 is 1.12. The Hall–Kier alpha value is -1.62. The highest BCUT2D eigenvalue weighted by Gasteiger charge is 2.13. The number of halogens is 1. The van der Waals surface area contributed by atoms with E-state index in [4.69, 9.17) is 0 Å². The number of nitrogens with one attached hydrogen (secondary N) is 1. The predicted octanol–water partition coefficient (Wildman–Crippen LogP) is 3.48. The van der Waals surface area contributed by atoms with Crippen molar-refractivity contribution in [1.29, 1.82) is 0 Å². The van der Waals surface area contributed by atoms with Crippen LogP contribution in [0.4, 0.5) is 11.6 Å².